The lowest BCUT2D eigenvalue weighted by Crippen LogP contribution is -1.69. The summed E-state index contributed by atoms with van der Waals surface area (Å²) in [6.45, 7) is 0. The highest BCUT2D eigenvalue weighted by Gasteiger charge is 1.59. The molecule has 0 bridgehead atoms. The summed E-state index contributed by atoms with van der Waals surface area (Å²) >= 11 is 0. The highest BCUT2D eigenvalue weighted by Crippen LogP contribution is 1.68. The summed E-state index contributed by atoms with van der Waals surface area (Å²) in [5.74, 6) is 0. The molecule has 1 aromatic heterocycles. The minimum absolute atomic E-state index is 0.111. The maximum atomic E-state index is 6.93. The lowest BCUT2D eigenvalue weighted by Gasteiger charge is -1.69. The fraction of sp³-hybridized carbons (Fsp3) is 0. The molecule has 0 atom stereocenters. The minimum Gasteiger partial charge on any atom is -0.159 e. The Morgan fingerprint density at radius 3 is 2.00 bits per heavy atom. The van der Waals surface area contributed by atoms with Gasteiger partial charge in [-0.1, -0.05) is 0 Å². The van der Waals surface area contributed by atoms with Gasteiger partial charge in [-0.2, -0.15) is 10.2 Å². The molecule has 0 radical (unpaired) electrons. The van der Waals surface area contributed by atoms with Gasteiger partial charge in [0.05, 0.1) is 2.74 Å². The van der Waals surface area contributed by atoms with E-state index in [9.17, 15) is 0 Å². The molecule has 0 spiro atoms. The Morgan fingerprint density at radius 1 is 1.17 bits per heavy atom. The van der Waals surface area contributed by atoms with Gasteiger partial charge in [-0.25, -0.2) is 0 Å². The van der Waals surface area contributed by atoms with Gasteiger partial charge in [0, 0.05) is 12.4 Å². The summed E-state index contributed by atoms with van der Waals surface area (Å²) in [4.78, 5) is 0. The van der Waals surface area contributed by atoms with Gasteiger partial charge in [0.2, 0.25) is 0 Å². The van der Waals surface area contributed by atoms with Crippen LogP contribution in [0.5, 0.6) is 0 Å². The zero-order valence-corrected chi connectivity index (χ0v) is 3.05. The van der Waals surface area contributed by atoms with Gasteiger partial charge >= 0.3 is 0 Å². The van der Waals surface area contributed by atoms with Crippen LogP contribution in [0.4, 0.5) is 0 Å². The second kappa shape index (κ2) is 1.50. The fourth-order valence-electron chi connectivity index (χ4n) is 0.199. The molecule has 0 aliphatic rings. The monoisotopic (exact) mass is 82.1 g/mol. The van der Waals surface area contributed by atoms with Crippen LogP contribution in [0.3, 0.4) is 0 Å². The molecular weight excluding hydrogens is 76.1 g/mol. The topological polar surface area (TPSA) is 25.8 Å². The predicted molar refractivity (Wildman–Crippen MR) is 22.0 cm³/mol. The second-order valence-corrected chi connectivity index (χ2v) is 0.778. The van der Waals surface area contributed by atoms with E-state index in [1.165, 1.54) is 12.4 Å². The molecule has 1 rings (SSSR count). The van der Waals surface area contributed by atoms with E-state index in [1.54, 1.807) is 0 Å². The summed E-state index contributed by atoms with van der Waals surface area (Å²) < 4.78 is 13.9. The van der Waals surface area contributed by atoms with Crippen LogP contribution in [0.15, 0.2) is 24.5 Å². The molecule has 1 heterocycles. The summed E-state index contributed by atoms with van der Waals surface area (Å²) in [6.07, 6.45) is 2.48. The van der Waals surface area contributed by atoms with E-state index in [2.05, 4.69) is 10.2 Å². The molecule has 2 heteroatoms. The normalized spacial score (nSPS) is 12.7. The number of aromatic nitrogens is 2. The Bertz CT molecular complexity index is 168. The summed E-state index contributed by atoms with van der Waals surface area (Å²) in [5, 5.41) is 6.78. The largest absolute Gasteiger partial charge is 0.159 e. The van der Waals surface area contributed by atoms with Crippen LogP contribution in [0.2, 0.25) is 0 Å². The maximum Gasteiger partial charge on any atom is 0.0640 e. The standard InChI is InChI=1S/C4H4N2/c1-2-4-6-5-3-1/h1-4H/i1D,2D. The molecular formula is C4H4N2. The molecule has 0 amide bonds. The van der Waals surface area contributed by atoms with Gasteiger partial charge in [-0.15, -0.1) is 0 Å². The van der Waals surface area contributed by atoms with Gasteiger partial charge in [0.15, 0.2) is 0 Å². The Hall–Kier alpha value is -0.920. The third kappa shape index (κ3) is 0.516. The highest BCUT2D eigenvalue weighted by molar-refractivity contribution is 4.79. The Morgan fingerprint density at radius 2 is 1.67 bits per heavy atom. The van der Waals surface area contributed by atoms with Crippen LogP contribution in [-0.4, -0.2) is 10.2 Å². The molecule has 0 saturated carbocycles. The lowest BCUT2D eigenvalue weighted by molar-refractivity contribution is 1.03. The molecule has 30 valence electrons. The minimum atomic E-state index is 0.111. The molecule has 6 heavy (non-hydrogen) atoms. The average molecular weight is 82.1 g/mol. The van der Waals surface area contributed by atoms with Crippen LogP contribution >= 0.6 is 0 Å². The molecule has 0 aliphatic heterocycles. The van der Waals surface area contributed by atoms with Crippen molar-refractivity contribution < 1.29 is 2.74 Å². The zero-order valence-electron chi connectivity index (χ0n) is 5.05. The van der Waals surface area contributed by atoms with Crippen LogP contribution in [0, 0.1) is 0 Å². The van der Waals surface area contributed by atoms with E-state index in [1.807, 2.05) is 0 Å². The summed E-state index contributed by atoms with van der Waals surface area (Å²) in [7, 11) is 0. The van der Waals surface area contributed by atoms with Gasteiger partial charge in [0.1, 0.15) is 0 Å². The van der Waals surface area contributed by atoms with Gasteiger partial charge in [-0.3, -0.25) is 0 Å². The quantitative estimate of drug-likeness (QED) is 0.455. The van der Waals surface area contributed by atoms with Crippen LogP contribution < -0.4 is 0 Å². The van der Waals surface area contributed by atoms with Crippen molar-refractivity contribution in [1.82, 2.24) is 10.2 Å². The van der Waals surface area contributed by atoms with E-state index in [0.29, 0.717) is 0 Å². The SMILES string of the molecule is [2H]c1cnncc1[2H]. The molecule has 0 aliphatic carbocycles. The number of rotatable bonds is 0. The van der Waals surface area contributed by atoms with Crippen molar-refractivity contribution in [3.05, 3.63) is 24.5 Å². The Kier molecular flexibility index (Phi) is 0.422. The first-order valence-corrected chi connectivity index (χ1v) is 1.54. The zero-order chi connectivity index (χ0) is 5.98. The average Bonchev–Trinajstić information content (AvgIpc) is 1.77. The van der Waals surface area contributed by atoms with E-state index < -0.39 is 0 Å². The molecule has 0 saturated heterocycles. The van der Waals surface area contributed by atoms with Crippen LogP contribution in [0.25, 0.3) is 0 Å². The molecule has 1 aromatic rings. The molecule has 2 nitrogen and oxygen atoms in total. The first kappa shape index (κ1) is 1.69. The van der Waals surface area contributed by atoms with E-state index in [4.69, 9.17) is 2.74 Å². The van der Waals surface area contributed by atoms with Crippen molar-refractivity contribution in [3.63, 3.8) is 0 Å². The van der Waals surface area contributed by atoms with E-state index >= 15 is 0 Å². The first-order chi connectivity index (χ1) is 3.80. The van der Waals surface area contributed by atoms with Crippen molar-refractivity contribution in [2.24, 2.45) is 0 Å². The third-order valence-corrected chi connectivity index (χ3v) is 0.395. The van der Waals surface area contributed by atoms with E-state index in [-0.39, 0.29) is 12.1 Å². The second-order valence-electron chi connectivity index (χ2n) is 0.778. The maximum absolute atomic E-state index is 6.93. The number of nitrogens with zero attached hydrogens (tertiary/aromatic N) is 2. The number of hydrogen-bond acceptors (Lipinski definition) is 2. The van der Waals surface area contributed by atoms with Gasteiger partial charge < -0.3 is 0 Å². The first-order valence-electron chi connectivity index (χ1n) is 2.54. The fourth-order valence-corrected chi connectivity index (χ4v) is 0.199. The van der Waals surface area contributed by atoms with Gasteiger partial charge in [0.25, 0.3) is 0 Å². The predicted octanol–water partition coefficient (Wildman–Crippen LogP) is 0.477. The molecule has 0 unspecified atom stereocenters. The van der Waals surface area contributed by atoms with Crippen LogP contribution in [0.1, 0.15) is 2.74 Å². The van der Waals surface area contributed by atoms with Crippen molar-refractivity contribution in [2.45, 2.75) is 0 Å². The molecule has 0 N–H and O–H groups in total. The molecule has 0 aromatic carbocycles. The lowest BCUT2D eigenvalue weighted by atomic mass is 10.6. The van der Waals surface area contributed by atoms with E-state index in [0.717, 1.165) is 0 Å². The summed E-state index contributed by atoms with van der Waals surface area (Å²) in [6, 6.07) is 0.222. The molecule has 0 fully saturated rings. The highest BCUT2D eigenvalue weighted by atomic mass is 15.1. The number of hydrogen-bond donors (Lipinski definition) is 0. The Balaban J connectivity index is 3.13. The summed E-state index contributed by atoms with van der Waals surface area (Å²) in [5.41, 5.74) is 0. The third-order valence-electron chi connectivity index (χ3n) is 0.395. The Labute approximate surface area is 38.6 Å². The van der Waals surface area contributed by atoms with Gasteiger partial charge in [-0.05, 0) is 12.1 Å². The van der Waals surface area contributed by atoms with Crippen molar-refractivity contribution in [2.75, 3.05) is 0 Å². The van der Waals surface area contributed by atoms with Crippen molar-refractivity contribution in [1.29, 1.82) is 0 Å². The smallest absolute Gasteiger partial charge is 0.0640 e. The van der Waals surface area contributed by atoms with Crippen molar-refractivity contribution >= 4 is 0 Å². The van der Waals surface area contributed by atoms with Crippen LogP contribution in [-0.2, 0) is 0 Å². The van der Waals surface area contributed by atoms with Crippen molar-refractivity contribution in [3.8, 4) is 0 Å².